The van der Waals surface area contributed by atoms with E-state index in [0.29, 0.717) is 5.13 Å². The number of nitrogens with zero attached hydrogens (tertiary/aromatic N) is 2. The van der Waals surface area contributed by atoms with E-state index in [-0.39, 0.29) is 11.8 Å². The van der Waals surface area contributed by atoms with Crippen LogP contribution in [0.3, 0.4) is 0 Å². The topological polar surface area (TPSA) is 54.9 Å². The van der Waals surface area contributed by atoms with Gasteiger partial charge in [0.25, 0.3) is 0 Å². The molecule has 120 valence electrons. The minimum absolute atomic E-state index is 0.0158. The first kappa shape index (κ1) is 15.0. The predicted octanol–water partition coefficient (Wildman–Crippen LogP) is 3.95. The molecule has 4 rings (SSSR count). The second kappa shape index (κ2) is 6.53. The molecule has 1 amide bonds. The summed E-state index contributed by atoms with van der Waals surface area (Å²) in [6.45, 7) is 0. The van der Waals surface area contributed by atoms with Crippen LogP contribution in [0, 0.1) is 5.92 Å². The van der Waals surface area contributed by atoms with E-state index >= 15 is 0 Å². The molecule has 1 aliphatic rings. The molecular weight excluding hydrogens is 318 g/mol. The van der Waals surface area contributed by atoms with Gasteiger partial charge in [-0.2, -0.15) is 0 Å². The van der Waals surface area contributed by atoms with E-state index in [9.17, 15) is 4.79 Å². The van der Waals surface area contributed by atoms with E-state index in [4.69, 9.17) is 0 Å². The van der Waals surface area contributed by atoms with Gasteiger partial charge in [-0.05, 0) is 42.5 Å². The molecule has 0 saturated heterocycles. The molecule has 2 aromatic heterocycles. The van der Waals surface area contributed by atoms with Crippen LogP contribution in [0.15, 0.2) is 54.0 Å². The zero-order valence-corrected chi connectivity index (χ0v) is 13.9. The molecule has 2 heterocycles. The average Bonchev–Trinajstić information content (AvgIpc) is 3.10. The Bertz CT molecular complexity index is 860. The lowest BCUT2D eigenvalue weighted by molar-refractivity contribution is -0.120. The molecule has 0 saturated carbocycles. The normalized spacial score (nSPS) is 16.4. The number of thiazole rings is 1. The molecule has 4 nitrogen and oxygen atoms in total. The highest BCUT2D eigenvalue weighted by molar-refractivity contribution is 7.14. The number of aryl methyl sites for hydroxylation is 1. The standard InChI is InChI=1S/C19H17N3OS/c23-18(15-9-8-13-5-1-2-6-14(13)11-15)22-19-21-17(12-24-19)16-7-3-4-10-20-16/h1-7,10,12,15H,8-9,11H2,(H,21,22,23). The van der Waals surface area contributed by atoms with Crippen LogP contribution in [0.4, 0.5) is 5.13 Å². The Morgan fingerprint density at radius 2 is 1.92 bits per heavy atom. The quantitative estimate of drug-likeness (QED) is 0.788. The lowest BCUT2D eigenvalue weighted by Gasteiger charge is -2.23. The molecule has 0 fully saturated rings. The highest BCUT2D eigenvalue weighted by Gasteiger charge is 2.25. The average molecular weight is 335 g/mol. The Morgan fingerprint density at radius 1 is 1.08 bits per heavy atom. The minimum atomic E-state index is 0.0158. The molecule has 1 aromatic carbocycles. The highest BCUT2D eigenvalue weighted by Crippen LogP contribution is 2.28. The van der Waals surface area contributed by atoms with Gasteiger partial charge in [0.2, 0.25) is 5.91 Å². The highest BCUT2D eigenvalue weighted by atomic mass is 32.1. The first-order valence-electron chi connectivity index (χ1n) is 8.04. The van der Waals surface area contributed by atoms with Crippen molar-refractivity contribution in [2.45, 2.75) is 19.3 Å². The largest absolute Gasteiger partial charge is 0.302 e. The molecule has 1 N–H and O–H groups in total. The third-order valence-electron chi connectivity index (χ3n) is 4.38. The number of fused-ring (bicyclic) bond motifs is 1. The number of aromatic nitrogens is 2. The summed E-state index contributed by atoms with van der Waals surface area (Å²) in [5.41, 5.74) is 4.27. The summed E-state index contributed by atoms with van der Waals surface area (Å²) in [5, 5.41) is 5.54. The van der Waals surface area contributed by atoms with Crippen LogP contribution in [0.5, 0.6) is 0 Å². The van der Waals surface area contributed by atoms with Crippen molar-refractivity contribution >= 4 is 22.4 Å². The summed E-state index contributed by atoms with van der Waals surface area (Å²) >= 11 is 1.44. The van der Waals surface area contributed by atoms with E-state index in [2.05, 4.69) is 33.5 Å². The summed E-state index contributed by atoms with van der Waals surface area (Å²) in [6.07, 6.45) is 4.40. The van der Waals surface area contributed by atoms with Gasteiger partial charge < -0.3 is 5.32 Å². The number of hydrogen-bond acceptors (Lipinski definition) is 4. The summed E-state index contributed by atoms with van der Waals surface area (Å²) < 4.78 is 0. The fourth-order valence-corrected chi connectivity index (χ4v) is 3.80. The molecule has 0 aliphatic heterocycles. The maximum absolute atomic E-state index is 12.6. The number of carbonyl (C=O) groups is 1. The second-order valence-corrected chi connectivity index (χ2v) is 6.81. The van der Waals surface area contributed by atoms with Gasteiger partial charge >= 0.3 is 0 Å². The molecular formula is C19H17N3OS. The lowest BCUT2D eigenvalue weighted by Crippen LogP contribution is -2.28. The van der Waals surface area contributed by atoms with E-state index in [0.717, 1.165) is 30.7 Å². The second-order valence-electron chi connectivity index (χ2n) is 5.95. The number of pyridine rings is 1. The van der Waals surface area contributed by atoms with E-state index in [1.54, 1.807) is 6.20 Å². The number of benzene rings is 1. The first-order chi connectivity index (χ1) is 11.8. The predicted molar refractivity (Wildman–Crippen MR) is 95.9 cm³/mol. The van der Waals surface area contributed by atoms with Crippen LogP contribution < -0.4 is 5.32 Å². The molecule has 1 atom stereocenters. The zero-order valence-electron chi connectivity index (χ0n) is 13.1. The lowest BCUT2D eigenvalue weighted by atomic mass is 9.83. The van der Waals surface area contributed by atoms with Crippen LogP contribution in [0.25, 0.3) is 11.4 Å². The van der Waals surface area contributed by atoms with Crippen LogP contribution in [0.2, 0.25) is 0 Å². The Hall–Kier alpha value is -2.53. The fourth-order valence-electron chi connectivity index (χ4n) is 3.09. The van der Waals surface area contributed by atoms with Gasteiger partial charge in [-0.15, -0.1) is 11.3 Å². The maximum Gasteiger partial charge on any atom is 0.229 e. The first-order valence-corrected chi connectivity index (χ1v) is 8.92. The van der Waals surface area contributed by atoms with Gasteiger partial charge in [-0.25, -0.2) is 4.98 Å². The smallest absolute Gasteiger partial charge is 0.229 e. The van der Waals surface area contributed by atoms with Gasteiger partial charge in [0.05, 0.1) is 5.69 Å². The summed E-state index contributed by atoms with van der Waals surface area (Å²) in [5.74, 6) is 0.0773. The SMILES string of the molecule is O=C(Nc1nc(-c2ccccn2)cs1)C1CCc2ccccc2C1. The van der Waals surface area contributed by atoms with Crippen molar-refractivity contribution in [3.05, 3.63) is 65.2 Å². The monoisotopic (exact) mass is 335 g/mol. The zero-order chi connectivity index (χ0) is 16.4. The Morgan fingerprint density at radius 3 is 2.75 bits per heavy atom. The van der Waals surface area contributed by atoms with Crippen molar-refractivity contribution in [3.63, 3.8) is 0 Å². The molecule has 24 heavy (non-hydrogen) atoms. The van der Waals surface area contributed by atoms with E-state index in [1.165, 1.54) is 22.5 Å². The van der Waals surface area contributed by atoms with Gasteiger partial charge in [0.15, 0.2) is 5.13 Å². The van der Waals surface area contributed by atoms with Crippen molar-refractivity contribution in [1.29, 1.82) is 0 Å². The van der Waals surface area contributed by atoms with Gasteiger partial charge in [-0.3, -0.25) is 9.78 Å². The third-order valence-corrected chi connectivity index (χ3v) is 5.14. The van der Waals surface area contributed by atoms with Crippen molar-refractivity contribution in [3.8, 4) is 11.4 Å². The van der Waals surface area contributed by atoms with Crippen LogP contribution >= 0.6 is 11.3 Å². The third kappa shape index (κ3) is 3.08. The van der Waals surface area contributed by atoms with Crippen molar-refractivity contribution in [2.75, 3.05) is 5.32 Å². The summed E-state index contributed by atoms with van der Waals surface area (Å²) in [4.78, 5) is 21.3. The molecule has 1 aliphatic carbocycles. The van der Waals surface area contributed by atoms with Crippen LogP contribution in [0.1, 0.15) is 17.5 Å². The van der Waals surface area contributed by atoms with Crippen LogP contribution in [-0.2, 0) is 17.6 Å². The Labute approximate surface area is 144 Å². The van der Waals surface area contributed by atoms with E-state index < -0.39 is 0 Å². The number of amides is 1. The van der Waals surface area contributed by atoms with Gasteiger partial charge in [-0.1, -0.05) is 30.3 Å². The Kier molecular flexibility index (Phi) is 4.09. The summed E-state index contributed by atoms with van der Waals surface area (Å²) in [6, 6.07) is 14.1. The van der Waals surface area contributed by atoms with Crippen LogP contribution in [-0.4, -0.2) is 15.9 Å². The molecule has 0 spiro atoms. The fraction of sp³-hybridized carbons (Fsp3) is 0.211. The minimum Gasteiger partial charge on any atom is -0.302 e. The van der Waals surface area contributed by atoms with Crippen molar-refractivity contribution in [2.24, 2.45) is 5.92 Å². The number of nitrogens with one attached hydrogen (secondary N) is 1. The number of hydrogen-bond donors (Lipinski definition) is 1. The molecule has 3 aromatic rings. The van der Waals surface area contributed by atoms with E-state index in [1.807, 2.05) is 29.6 Å². The summed E-state index contributed by atoms with van der Waals surface area (Å²) in [7, 11) is 0. The maximum atomic E-state index is 12.6. The molecule has 1 unspecified atom stereocenters. The van der Waals surface area contributed by atoms with Gasteiger partial charge in [0.1, 0.15) is 5.69 Å². The molecule has 0 bridgehead atoms. The van der Waals surface area contributed by atoms with Gasteiger partial charge in [0, 0.05) is 17.5 Å². The number of rotatable bonds is 3. The number of anilines is 1. The van der Waals surface area contributed by atoms with Crippen molar-refractivity contribution < 1.29 is 4.79 Å². The Balaban J connectivity index is 1.45. The molecule has 0 radical (unpaired) electrons. The molecule has 5 heteroatoms. The van der Waals surface area contributed by atoms with Crippen molar-refractivity contribution in [1.82, 2.24) is 9.97 Å². The number of carbonyl (C=O) groups excluding carboxylic acids is 1.